The monoisotopic (exact) mass is 340 g/mol. The molecule has 1 fully saturated rings. The van der Waals surface area contributed by atoms with Gasteiger partial charge in [0.05, 0.1) is 11.8 Å². The van der Waals surface area contributed by atoms with Crippen molar-refractivity contribution < 1.29 is 32.6 Å². The first-order valence-electron chi connectivity index (χ1n) is 7.29. The topological polar surface area (TPSA) is 78.9 Å². The molecule has 1 heterocycles. The summed E-state index contributed by atoms with van der Waals surface area (Å²) in [4.78, 5) is 23.9. The third-order valence-corrected chi connectivity index (χ3v) is 4.05. The van der Waals surface area contributed by atoms with Crippen LogP contribution in [0.15, 0.2) is 0 Å². The maximum Gasteiger partial charge on any atom is 0.394 e. The number of methoxy groups -OCH3 is 1. The van der Waals surface area contributed by atoms with Gasteiger partial charge in [0.15, 0.2) is 0 Å². The molecule has 6 nitrogen and oxygen atoms in total. The molecule has 0 aromatic carbocycles. The van der Waals surface area contributed by atoms with Crippen LogP contribution < -0.4 is 5.32 Å². The van der Waals surface area contributed by atoms with E-state index in [1.165, 1.54) is 0 Å². The van der Waals surface area contributed by atoms with E-state index in [0.29, 0.717) is 13.0 Å². The van der Waals surface area contributed by atoms with Gasteiger partial charge in [-0.25, -0.2) is 4.79 Å². The van der Waals surface area contributed by atoms with Gasteiger partial charge in [0.2, 0.25) is 0 Å². The molecule has 2 atom stereocenters. The first-order valence-corrected chi connectivity index (χ1v) is 7.29. The van der Waals surface area contributed by atoms with E-state index in [1.807, 2.05) is 13.8 Å². The summed E-state index contributed by atoms with van der Waals surface area (Å²) >= 11 is 0. The second kappa shape index (κ2) is 7.37. The molecule has 2 N–H and O–H groups in total. The summed E-state index contributed by atoms with van der Waals surface area (Å²) in [6.07, 6.45) is -3.97. The van der Waals surface area contributed by atoms with E-state index in [1.54, 1.807) is 7.11 Å². The normalized spacial score (nSPS) is 22.3. The highest BCUT2D eigenvalue weighted by molar-refractivity contribution is 5.77. The van der Waals surface area contributed by atoms with Crippen molar-refractivity contribution in [3.63, 3.8) is 0 Å². The molecular weight excluding hydrogens is 317 g/mol. The number of carbonyl (C=O) groups excluding carboxylic acids is 1. The average molecular weight is 340 g/mol. The molecule has 1 rings (SSSR count). The van der Waals surface area contributed by atoms with Crippen LogP contribution in [0.1, 0.15) is 20.3 Å². The number of halogens is 3. The lowest BCUT2D eigenvalue weighted by Crippen LogP contribution is -2.43. The maximum absolute atomic E-state index is 12.9. The van der Waals surface area contributed by atoms with Crippen LogP contribution in [0, 0.1) is 17.3 Å². The summed E-state index contributed by atoms with van der Waals surface area (Å²) in [5.74, 6) is -5.20. The van der Waals surface area contributed by atoms with Gasteiger partial charge in [-0.3, -0.25) is 4.79 Å². The van der Waals surface area contributed by atoms with Gasteiger partial charge in [-0.2, -0.15) is 13.2 Å². The lowest BCUT2D eigenvalue weighted by molar-refractivity contribution is -0.187. The van der Waals surface area contributed by atoms with Gasteiger partial charge in [0, 0.05) is 33.4 Å². The number of carboxylic acids is 1. The van der Waals surface area contributed by atoms with Crippen molar-refractivity contribution in [1.82, 2.24) is 10.2 Å². The summed E-state index contributed by atoms with van der Waals surface area (Å²) in [5, 5.41) is 11.5. The smallest absolute Gasteiger partial charge is 0.394 e. The van der Waals surface area contributed by atoms with E-state index in [-0.39, 0.29) is 12.0 Å². The number of amides is 2. The summed E-state index contributed by atoms with van der Waals surface area (Å²) in [6, 6.07) is -0.673. The molecule has 0 aromatic heterocycles. The van der Waals surface area contributed by atoms with Crippen molar-refractivity contribution >= 4 is 12.0 Å². The number of nitrogens with one attached hydrogen (secondary N) is 1. The Morgan fingerprint density at radius 2 is 1.91 bits per heavy atom. The van der Waals surface area contributed by atoms with Gasteiger partial charge < -0.3 is 20.1 Å². The summed E-state index contributed by atoms with van der Waals surface area (Å²) in [7, 11) is 1.56. The van der Waals surface area contributed by atoms with Crippen molar-refractivity contribution in [3.05, 3.63) is 0 Å². The Kier molecular flexibility index (Phi) is 6.26. The zero-order valence-corrected chi connectivity index (χ0v) is 13.4. The standard InChI is InChI=1S/C14H23F3N2O4/c1-13(2,4-5-23-3)8-18-12(22)19-6-9(11(20)21)10(7-19)14(15,16)17/h9-10H,4-8H2,1-3H3,(H,18,22)(H,20,21)/t9-,10-/m1/s1. The van der Waals surface area contributed by atoms with Gasteiger partial charge in [-0.1, -0.05) is 13.8 Å². The minimum atomic E-state index is -4.64. The summed E-state index contributed by atoms with van der Waals surface area (Å²) in [5.41, 5.74) is -0.277. The van der Waals surface area contributed by atoms with Crippen LogP contribution in [0.2, 0.25) is 0 Å². The fourth-order valence-electron chi connectivity index (χ4n) is 2.44. The van der Waals surface area contributed by atoms with E-state index in [4.69, 9.17) is 9.84 Å². The largest absolute Gasteiger partial charge is 0.481 e. The summed E-state index contributed by atoms with van der Waals surface area (Å²) < 4.78 is 43.6. The lowest BCUT2D eigenvalue weighted by Gasteiger charge is -2.26. The zero-order chi connectivity index (χ0) is 17.8. The van der Waals surface area contributed by atoms with Crippen molar-refractivity contribution in [3.8, 4) is 0 Å². The Morgan fingerprint density at radius 1 is 1.30 bits per heavy atom. The van der Waals surface area contributed by atoms with Gasteiger partial charge in [-0.15, -0.1) is 0 Å². The number of rotatable bonds is 6. The highest BCUT2D eigenvalue weighted by atomic mass is 19.4. The molecule has 0 spiro atoms. The third-order valence-electron chi connectivity index (χ3n) is 4.05. The molecule has 0 radical (unpaired) electrons. The number of hydrogen-bond acceptors (Lipinski definition) is 3. The second-order valence-electron chi connectivity index (χ2n) is 6.56. The average Bonchev–Trinajstić information content (AvgIpc) is 2.88. The molecule has 1 aliphatic rings. The Morgan fingerprint density at radius 3 is 2.35 bits per heavy atom. The fraction of sp³-hybridized carbons (Fsp3) is 0.857. The molecule has 0 bridgehead atoms. The number of alkyl halides is 3. The van der Waals surface area contributed by atoms with Gasteiger partial charge in [-0.05, 0) is 11.8 Å². The molecular formula is C14H23F3N2O4. The maximum atomic E-state index is 12.9. The molecule has 1 aliphatic heterocycles. The predicted molar refractivity (Wildman–Crippen MR) is 75.9 cm³/mol. The van der Waals surface area contributed by atoms with E-state index < -0.39 is 43.1 Å². The quantitative estimate of drug-likeness (QED) is 0.775. The Balaban J connectivity index is 2.63. The minimum absolute atomic E-state index is 0.264. The number of urea groups is 1. The molecule has 23 heavy (non-hydrogen) atoms. The van der Waals surface area contributed by atoms with Crippen LogP contribution in [0.5, 0.6) is 0 Å². The molecule has 9 heteroatoms. The summed E-state index contributed by atoms with van der Waals surface area (Å²) in [6.45, 7) is 3.49. The Hall–Kier alpha value is -1.51. The van der Waals surface area contributed by atoms with E-state index in [9.17, 15) is 22.8 Å². The highest BCUT2D eigenvalue weighted by Gasteiger charge is 2.53. The fourth-order valence-corrected chi connectivity index (χ4v) is 2.44. The van der Waals surface area contributed by atoms with Crippen LogP contribution in [-0.4, -0.2) is 61.5 Å². The van der Waals surface area contributed by atoms with Crippen molar-refractivity contribution in [2.75, 3.05) is 33.4 Å². The van der Waals surface area contributed by atoms with Crippen LogP contribution in [0.3, 0.4) is 0 Å². The van der Waals surface area contributed by atoms with Crippen molar-refractivity contribution in [2.24, 2.45) is 17.3 Å². The van der Waals surface area contributed by atoms with E-state index in [0.717, 1.165) is 4.90 Å². The van der Waals surface area contributed by atoms with Crippen LogP contribution in [-0.2, 0) is 9.53 Å². The molecule has 0 saturated carbocycles. The molecule has 0 unspecified atom stereocenters. The number of hydrogen-bond donors (Lipinski definition) is 2. The van der Waals surface area contributed by atoms with Crippen molar-refractivity contribution in [1.29, 1.82) is 0 Å². The number of nitrogens with zero attached hydrogens (tertiary/aromatic N) is 1. The van der Waals surface area contributed by atoms with Gasteiger partial charge >= 0.3 is 18.2 Å². The Labute approximate surface area is 133 Å². The van der Waals surface area contributed by atoms with Crippen LogP contribution in [0.25, 0.3) is 0 Å². The molecule has 0 aliphatic carbocycles. The molecule has 134 valence electrons. The zero-order valence-electron chi connectivity index (χ0n) is 13.4. The molecule has 2 amide bonds. The minimum Gasteiger partial charge on any atom is -0.481 e. The second-order valence-corrected chi connectivity index (χ2v) is 6.56. The molecule has 0 aromatic rings. The van der Waals surface area contributed by atoms with E-state index in [2.05, 4.69) is 5.32 Å². The number of carbonyl (C=O) groups is 2. The number of aliphatic carboxylic acids is 1. The lowest BCUT2D eigenvalue weighted by atomic mass is 9.90. The predicted octanol–water partition coefficient (Wildman–Crippen LogP) is 1.95. The van der Waals surface area contributed by atoms with Gasteiger partial charge in [0.1, 0.15) is 0 Å². The number of ether oxygens (including phenoxy) is 1. The highest BCUT2D eigenvalue weighted by Crippen LogP contribution is 2.37. The first-order chi connectivity index (χ1) is 10.5. The van der Waals surface area contributed by atoms with Crippen LogP contribution >= 0.6 is 0 Å². The molecule has 1 saturated heterocycles. The Bertz CT molecular complexity index is 440. The SMILES string of the molecule is COCCC(C)(C)CNC(=O)N1C[C@@H](C(F)(F)F)[C@H](C(=O)O)C1. The van der Waals surface area contributed by atoms with Gasteiger partial charge in [0.25, 0.3) is 0 Å². The number of likely N-dealkylation sites (tertiary alicyclic amines) is 1. The first kappa shape index (κ1) is 19.5. The third kappa shape index (κ3) is 5.56. The number of carboxylic acid groups (broad SMARTS) is 1. The van der Waals surface area contributed by atoms with Crippen molar-refractivity contribution in [2.45, 2.75) is 26.4 Å². The van der Waals surface area contributed by atoms with Crippen LogP contribution in [0.4, 0.5) is 18.0 Å². The van der Waals surface area contributed by atoms with E-state index >= 15 is 0 Å².